The minimum absolute atomic E-state index is 0. The Hall–Kier alpha value is -1.83. The average Bonchev–Trinajstić information content (AvgIpc) is 2.59. The van der Waals surface area contributed by atoms with E-state index in [9.17, 15) is 9.59 Å². The van der Waals surface area contributed by atoms with Crippen molar-refractivity contribution in [1.82, 2.24) is 16.0 Å². The molecule has 1 aromatic rings. The lowest BCUT2D eigenvalue weighted by atomic mass is 10.2. The lowest BCUT2D eigenvalue weighted by Gasteiger charge is -2.22. The normalized spacial score (nSPS) is 16.8. The monoisotopic (exact) mass is 343 g/mol. The fraction of sp³-hybridized carbons (Fsp3) is 0.467. The fourth-order valence-corrected chi connectivity index (χ4v) is 2.03. The number of carbonyl (C=O) groups excluding carboxylic acids is 2. The highest BCUT2D eigenvalue weighted by Gasteiger charge is 2.21. The Balaban J connectivity index is 0.00000264. The number of hydrogen-bond donors (Lipinski definition) is 3. The summed E-state index contributed by atoms with van der Waals surface area (Å²) in [5.74, 6) is 0.310. The lowest BCUT2D eigenvalue weighted by Crippen LogP contribution is -2.52. The van der Waals surface area contributed by atoms with Crippen LogP contribution in [0.3, 0.4) is 0 Å². The molecule has 0 saturated carbocycles. The van der Waals surface area contributed by atoms with Gasteiger partial charge in [0.05, 0.1) is 26.9 Å². The predicted molar refractivity (Wildman–Crippen MR) is 87.7 cm³/mol. The van der Waals surface area contributed by atoms with Crippen LogP contribution in [0.2, 0.25) is 0 Å². The van der Waals surface area contributed by atoms with E-state index in [1.54, 1.807) is 7.11 Å². The summed E-state index contributed by atoms with van der Waals surface area (Å²) in [4.78, 5) is 23.5. The van der Waals surface area contributed by atoms with Crippen molar-refractivity contribution in [2.75, 3.05) is 33.4 Å². The van der Waals surface area contributed by atoms with Gasteiger partial charge in [0.1, 0.15) is 11.8 Å². The molecule has 2 rings (SSSR count). The number of nitrogens with one attached hydrogen (secondary N) is 3. The van der Waals surface area contributed by atoms with Gasteiger partial charge in [0, 0.05) is 13.1 Å². The Morgan fingerprint density at radius 3 is 2.65 bits per heavy atom. The van der Waals surface area contributed by atoms with E-state index in [-0.39, 0.29) is 36.8 Å². The van der Waals surface area contributed by atoms with Crippen LogP contribution in [0.25, 0.3) is 0 Å². The molecule has 1 aromatic carbocycles. The molecule has 0 aromatic heterocycles. The van der Waals surface area contributed by atoms with Crippen molar-refractivity contribution in [1.29, 1.82) is 0 Å². The van der Waals surface area contributed by atoms with E-state index in [1.807, 2.05) is 24.3 Å². The van der Waals surface area contributed by atoms with Gasteiger partial charge in [0.25, 0.3) is 0 Å². The van der Waals surface area contributed by atoms with Crippen molar-refractivity contribution in [2.24, 2.45) is 0 Å². The summed E-state index contributed by atoms with van der Waals surface area (Å²) in [5, 5.41) is 8.37. The molecule has 128 valence electrons. The average molecular weight is 344 g/mol. The number of halogens is 1. The zero-order valence-electron chi connectivity index (χ0n) is 13.0. The van der Waals surface area contributed by atoms with Crippen LogP contribution in [-0.2, 0) is 20.9 Å². The number of benzene rings is 1. The van der Waals surface area contributed by atoms with E-state index in [4.69, 9.17) is 9.47 Å². The molecular formula is C15H22ClN3O4. The second kappa shape index (κ2) is 10.0. The quantitative estimate of drug-likeness (QED) is 0.668. The summed E-state index contributed by atoms with van der Waals surface area (Å²) in [5.41, 5.74) is 0.961. The molecule has 1 unspecified atom stereocenters. The van der Waals surface area contributed by atoms with Crippen LogP contribution in [0.1, 0.15) is 5.56 Å². The summed E-state index contributed by atoms with van der Waals surface area (Å²) < 4.78 is 10.3. The molecule has 0 aliphatic carbocycles. The van der Waals surface area contributed by atoms with Gasteiger partial charge in [-0.15, -0.1) is 12.4 Å². The number of methoxy groups -OCH3 is 1. The van der Waals surface area contributed by atoms with Crippen molar-refractivity contribution >= 4 is 24.2 Å². The number of rotatable bonds is 6. The maximum Gasteiger partial charge on any atom is 0.239 e. The SMILES string of the molecule is COc1ccc(CNC(=O)CNC(=O)C2COCCN2)cc1.Cl. The first-order valence-electron chi connectivity index (χ1n) is 7.17. The Kier molecular flexibility index (Phi) is 8.39. The van der Waals surface area contributed by atoms with E-state index < -0.39 is 0 Å². The maximum atomic E-state index is 11.8. The van der Waals surface area contributed by atoms with Gasteiger partial charge in [-0.1, -0.05) is 12.1 Å². The molecule has 2 amide bonds. The van der Waals surface area contributed by atoms with Crippen LogP contribution in [-0.4, -0.2) is 51.3 Å². The van der Waals surface area contributed by atoms with Gasteiger partial charge in [-0.2, -0.15) is 0 Å². The first-order chi connectivity index (χ1) is 10.7. The molecule has 1 atom stereocenters. The summed E-state index contributed by atoms with van der Waals surface area (Å²) in [7, 11) is 1.60. The van der Waals surface area contributed by atoms with E-state index in [0.29, 0.717) is 26.3 Å². The highest BCUT2D eigenvalue weighted by atomic mass is 35.5. The number of hydrogen-bond acceptors (Lipinski definition) is 5. The fourth-order valence-electron chi connectivity index (χ4n) is 2.03. The van der Waals surface area contributed by atoms with Gasteiger partial charge in [0.2, 0.25) is 11.8 Å². The van der Waals surface area contributed by atoms with E-state index in [1.165, 1.54) is 0 Å². The second-order valence-electron chi connectivity index (χ2n) is 4.92. The van der Waals surface area contributed by atoms with Crippen molar-refractivity contribution in [3.8, 4) is 5.75 Å². The van der Waals surface area contributed by atoms with Crippen LogP contribution in [0.5, 0.6) is 5.75 Å². The zero-order valence-corrected chi connectivity index (χ0v) is 13.8. The minimum atomic E-state index is -0.386. The van der Waals surface area contributed by atoms with Gasteiger partial charge < -0.3 is 25.4 Å². The summed E-state index contributed by atoms with van der Waals surface area (Å²) in [6.45, 7) is 1.93. The van der Waals surface area contributed by atoms with E-state index >= 15 is 0 Å². The molecule has 1 heterocycles. The van der Waals surface area contributed by atoms with Crippen LogP contribution < -0.4 is 20.7 Å². The molecule has 0 bridgehead atoms. The Morgan fingerprint density at radius 1 is 1.30 bits per heavy atom. The standard InChI is InChI=1S/C15H21N3O4.ClH/c1-21-12-4-2-11(3-5-12)8-17-14(19)9-18-15(20)13-10-22-7-6-16-13;/h2-5,13,16H,6-10H2,1H3,(H,17,19)(H,18,20);1H. The lowest BCUT2D eigenvalue weighted by molar-refractivity contribution is -0.129. The number of morpholine rings is 1. The molecule has 23 heavy (non-hydrogen) atoms. The third kappa shape index (κ3) is 6.43. The molecule has 1 fully saturated rings. The number of amides is 2. The first kappa shape index (κ1) is 19.2. The molecule has 8 heteroatoms. The van der Waals surface area contributed by atoms with Crippen LogP contribution >= 0.6 is 12.4 Å². The highest BCUT2D eigenvalue weighted by molar-refractivity contribution is 5.87. The molecule has 0 radical (unpaired) electrons. The summed E-state index contributed by atoms with van der Waals surface area (Å²) in [6, 6.07) is 7.03. The van der Waals surface area contributed by atoms with E-state index in [0.717, 1.165) is 11.3 Å². The zero-order chi connectivity index (χ0) is 15.8. The van der Waals surface area contributed by atoms with Crippen LogP contribution in [0.4, 0.5) is 0 Å². The second-order valence-corrected chi connectivity index (χ2v) is 4.92. The van der Waals surface area contributed by atoms with E-state index in [2.05, 4.69) is 16.0 Å². The van der Waals surface area contributed by atoms with Gasteiger partial charge in [-0.05, 0) is 17.7 Å². The first-order valence-corrected chi connectivity index (χ1v) is 7.17. The summed E-state index contributed by atoms with van der Waals surface area (Å²) >= 11 is 0. The van der Waals surface area contributed by atoms with Crippen molar-refractivity contribution in [2.45, 2.75) is 12.6 Å². The topological polar surface area (TPSA) is 88.7 Å². The van der Waals surface area contributed by atoms with Gasteiger partial charge in [-0.25, -0.2) is 0 Å². The minimum Gasteiger partial charge on any atom is -0.497 e. The van der Waals surface area contributed by atoms with Crippen molar-refractivity contribution in [3.63, 3.8) is 0 Å². The smallest absolute Gasteiger partial charge is 0.239 e. The summed E-state index contributed by atoms with van der Waals surface area (Å²) in [6.07, 6.45) is 0. The third-order valence-corrected chi connectivity index (χ3v) is 3.31. The van der Waals surface area contributed by atoms with Crippen LogP contribution in [0.15, 0.2) is 24.3 Å². The van der Waals surface area contributed by atoms with Crippen molar-refractivity contribution in [3.05, 3.63) is 29.8 Å². The molecule has 7 nitrogen and oxygen atoms in total. The molecule has 1 aliphatic rings. The molecular weight excluding hydrogens is 322 g/mol. The molecule has 0 spiro atoms. The van der Waals surface area contributed by atoms with Gasteiger partial charge >= 0.3 is 0 Å². The van der Waals surface area contributed by atoms with Gasteiger partial charge in [-0.3, -0.25) is 9.59 Å². The molecule has 1 saturated heterocycles. The highest BCUT2D eigenvalue weighted by Crippen LogP contribution is 2.10. The van der Waals surface area contributed by atoms with Crippen molar-refractivity contribution < 1.29 is 19.1 Å². The molecule has 1 aliphatic heterocycles. The Labute approximate surface area is 141 Å². The van der Waals surface area contributed by atoms with Crippen LogP contribution in [0, 0.1) is 0 Å². The molecule has 3 N–H and O–H groups in total. The number of carbonyl (C=O) groups is 2. The predicted octanol–water partition coefficient (Wildman–Crippen LogP) is -0.162. The Morgan fingerprint density at radius 2 is 2.04 bits per heavy atom. The Bertz CT molecular complexity index is 504. The largest absolute Gasteiger partial charge is 0.497 e. The number of ether oxygens (including phenoxy) is 2. The third-order valence-electron chi connectivity index (χ3n) is 3.31. The maximum absolute atomic E-state index is 11.8. The van der Waals surface area contributed by atoms with Gasteiger partial charge in [0.15, 0.2) is 0 Å².